The van der Waals surface area contributed by atoms with E-state index in [1.165, 1.54) is 14.2 Å². The second-order valence-electron chi connectivity index (χ2n) is 7.43. The van der Waals surface area contributed by atoms with Gasteiger partial charge in [0.2, 0.25) is 11.6 Å². The molecule has 2 aromatic carbocycles. The van der Waals surface area contributed by atoms with E-state index in [4.69, 9.17) is 23.5 Å². The van der Waals surface area contributed by atoms with Gasteiger partial charge in [0.1, 0.15) is 22.1 Å². The number of aromatic nitrogens is 2. The lowest BCUT2D eigenvalue weighted by atomic mass is 10.3. The average molecular weight is 637 g/mol. The Kier molecular flexibility index (Phi) is 10.2. The fraction of sp³-hybridized carbons (Fsp3) is 0.200. The van der Waals surface area contributed by atoms with Crippen LogP contribution in [0.5, 0.6) is 17.4 Å². The first kappa shape index (κ1) is 31.7. The molecule has 0 saturated heterocycles. The van der Waals surface area contributed by atoms with Gasteiger partial charge in [-0.15, -0.1) is 14.6 Å². The normalized spacial score (nSPS) is 12.1. The van der Waals surface area contributed by atoms with E-state index in [1.54, 1.807) is 0 Å². The zero-order valence-electron chi connectivity index (χ0n) is 20.8. The minimum absolute atomic E-state index is 0.0190. The number of ether oxygens (including phenoxy) is 2. The topological polar surface area (TPSA) is 255 Å². The fourth-order valence-corrected chi connectivity index (χ4v) is 5.23. The third-order valence-electron chi connectivity index (χ3n) is 5.02. The molecule has 41 heavy (non-hydrogen) atoms. The largest absolute Gasteiger partial charge is 0.495 e. The molecule has 222 valence electrons. The van der Waals surface area contributed by atoms with Crippen molar-refractivity contribution in [3.63, 3.8) is 0 Å². The number of nitrogens with zero attached hydrogens (tertiary/aromatic N) is 4. The van der Waals surface area contributed by atoms with Crippen LogP contribution in [-0.4, -0.2) is 79.2 Å². The van der Waals surface area contributed by atoms with E-state index in [0.29, 0.717) is 0 Å². The van der Waals surface area contributed by atoms with Crippen LogP contribution in [0.2, 0.25) is 0 Å². The van der Waals surface area contributed by atoms with Crippen molar-refractivity contribution in [2.24, 2.45) is 10.2 Å². The van der Waals surface area contributed by atoms with Gasteiger partial charge in [-0.3, -0.25) is 8.74 Å². The lowest BCUT2D eigenvalue weighted by molar-refractivity contribution is -0.434. The summed E-state index contributed by atoms with van der Waals surface area (Å²) in [4.78, 5) is 11.0. The number of carbonyl (C=O) groups is 1. The lowest BCUT2D eigenvalue weighted by Crippen LogP contribution is -2.12. The summed E-state index contributed by atoms with van der Waals surface area (Å²) < 4.78 is 77.2. The number of methoxy groups -OCH3 is 2. The van der Waals surface area contributed by atoms with Gasteiger partial charge in [0.05, 0.1) is 37.2 Å². The fourth-order valence-electron chi connectivity index (χ4n) is 3.17. The Labute approximate surface area is 235 Å². The second kappa shape index (κ2) is 13.2. The number of hydrogen-bond donors (Lipinski definition) is 4. The SMILES string of the molecule is COc1cc(S(=O)(=O)CCOSOOO)c(OC)cc1/N=N/c1c(C(=O)O)nn(-c2ccc(S(=O)(=O)O)cc2)c1O. The number of azo groups is 1. The Hall–Kier alpha value is -3.83. The van der Waals surface area contributed by atoms with Gasteiger partial charge >= 0.3 is 5.97 Å². The van der Waals surface area contributed by atoms with E-state index < -0.39 is 53.8 Å². The van der Waals surface area contributed by atoms with Crippen molar-refractivity contribution >= 4 is 49.6 Å². The molecule has 3 aromatic rings. The summed E-state index contributed by atoms with van der Waals surface area (Å²) in [7, 11) is -6.14. The van der Waals surface area contributed by atoms with Crippen LogP contribution in [0.4, 0.5) is 11.4 Å². The van der Waals surface area contributed by atoms with Gasteiger partial charge in [0.15, 0.2) is 27.8 Å². The Morgan fingerprint density at radius 2 is 1.71 bits per heavy atom. The van der Waals surface area contributed by atoms with Gasteiger partial charge < -0.3 is 19.7 Å². The summed E-state index contributed by atoms with van der Waals surface area (Å²) in [6.45, 7) is -0.372. The van der Waals surface area contributed by atoms with E-state index in [9.17, 15) is 31.8 Å². The van der Waals surface area contributed by atoms with Gasteiger partial charge in [-0.05, 0) is 24.3 Å². The van der Waals surface area contributed by atoms with Gasteiger partial charge in [-0.2, -0.15) is 18.2 Å². The Morgan fingerprint density at radius 3 is 2.27 bits per heavy atom. The molecule has 1 heterocycles. The number of rotatable bonds is 14. The second-order valence-corrected chi connectivity index (χ2v) is 11.4. The molecule has 0 radical (unpaired) electrons. The Bertz CT molecular complexity index is 1650. The van der Waals surface area contributed by atoms with Gasteiger partial charge in [-0.1, -0.05) is 5.04 Å². The molecule has 0 amide bonds. The highest BCUT2D eigenvalue weighted by atomic mass is 32.2. The third kappa shape index (κ3) is 7.47. The van der Waals surface area contributed by atoms with Crippen LogP contribution in [0, 0.1) is 0 Å². The number of aromatic hydroxyl groups is 1. The highest BCUT2D eigenvalue weighted by molar-refractivity contribution is 7.91. The van der Waals surface area contributed by atoms with Gasteiger partial charge in [0.25, 0.3) is 10.1 Å². The van der Waals surface area contributed by atoms with Crippen LogP contribution < -0.4 is 9.47 Å². The van der Waals surface area contributed by atoms with Crippen molar-refractivity contribution in [2.75, 3.05) is 26.6 Å². The minimum Gasteiger partial charge on any atom is -0.495 e. The maximum absolute atomic E-state index is 12.8. The number of sulfone groups is 1. The molecule has 0 atom stereocenters. The van der Waals surface area contributed by atoms with Gasteiger partial charge in [-0.25, -0.2) is 18.5 Å². The predicted octanol–water partition coefficient (Wildman–Crippen LogP) is 2.73. The maximum Gasteiger partial charge on any atom is 0.358 e. The lowest BCUT2D eigenvalue weighted by Gasteiger charge is -2.13. The van der Waals surface area contributed by atoms with Crippen LogP contribution in [0.25, 0.3) is 5.69 Å². The number of aromatic carboxylic acids is 1. The number of hydrogen-bond acceptors (Lipinski definition) is 16. The number of carboxylic acid groups (broad SMARTS) is 1. The monoisotopic (exact) mass is 636 g/mol. The summed E-state index contributed by atoms with van der Waals surface area (Å²) in [6, 6.07) is 6.52. The standard InChI is InChI=1S/C20H20N4O14S3/c1-34-14-10-16(40(29,30)8-7-36-39-38-37-28)15(35-2)9-13(14)21-22-17-18(20(26)27)23-24(19(17)25)11-3-5-12(6-4-11)41(31,32)33/h3-6,9-10,25,28H,7-8H2,1-2H3,(H,26,27)(H,31,32,33)/b22-21+. The summed E-state index contributed by atoms with van der Waals surface area (Å²) in [5.41, 5.74) is -1.43. The van der Waals surface area contributed by atoms with Crippen LogP contribution in [0.3, 0.4) is 0 Å². The summed E-state index contributed by atoms with van der Waals surface area (Å²) in [6.07, 6.45) is 0. The molecule has 4 N–H and O–H groups in total. The zero-order valence-corrected chi connectivity index (χ0v) is 23.2. The molecule has 0 aliphatic heterocycles. The molecule has 1 aromatic heterocycles. The first-order chi connectivity index (χ1) is 19.3. The van der Waals surface area contributed by atoms with E-state index in [1.807, 2.05) is 0 Å². The third-order valence-corrected chi connectivity index (χ3v) is 7.96. The Balaban J connectivity index is 2.00. The first-order valence-corrected chi connectivity index (χ1v) is 14.4. The average Bonchev–Trinajstić information content (AvgIpc) is 3.26. The van der Waals surface area contributed by atoms with Crippen molar-refractivity contribution in [1.29, 1.82) is 0 Å². The molecule has 0 bridgehead atoms. The van der Waals surface area contributed by atoms with Crippen molar-refractivity contribution < 1.29 is 64.7 Å². The van der Waals surface area contributed by atoms with Crippen LogP contribution >= 0.6 is 12.3 Å². The van der Waals surface area contributed by atoms with Crippen molar-refractivity contribution in [3.05, 3.63) is 42.1 Å². The van der Waals surface area contributed by atoms with E-state index in [2.05, 4.69) is 24.7 Å². The van der Waals surface area contributed by atoms with Crippen molar-refractivity contribution in [3.8, 4) is 23.1 Å². The molecular weight excluding hydrogens is 616 g/mol. The van der Waals surface area contributed by atoms with Gasteiger partial charge in [0, 0.05) is 12.1 Å². The summed E-state index contributed by atoms with van der Waals surface area (Å²) in [5.74, 6) is -3.23. The molecule has 21 heteroatoms. The van der Waals surface area contributed by atoms with E-state index >= 15 is 0 Å². The molecule has 3 rings (SSSR count). The highest BCUT2D eigenvalue weighted by Gasteiger charge is 2.26. The van der Waals surface area contributed by atoms with Crippen molar-refractivity contribution in [1.82, 2.24) is 9.78 Å². The molecule has 18 nitrogen and oxygen atoms in total. The van der Waals surface area contributed by atoms with E-state index in [0.717, 1.165) is 41.1 Å². The quantitative estimate of drug-likeness (QED) is 0.0495. The molecule has 0 unspecified atom stereocenters. The first-order valence-electron chi connectivity index (χ1n) is 10.6. The van der Waals surface area contributed by atoms with Crippen LogP contribution in [0.15, 0.2) is 56.4 Å². The molecule has 0 fully saturated rings. The molecule has 0 spiro atoms. The predicted molar refractivity (Wildman–Crippen MR) is 136 cm³/mol. The summed E-state index contributed by atoms with van der Waals surface area (Å²) in [5, 5.41) is 43.0. The minimum atomic E-state index is -4.51. The number of carboxylic acids is 1. The van der Waals surface area contributed by atoms with Crippen LogP contribution in [-0.2, 0) is 33.5 Å². The smallest absolute Gasteiger partial charge is 0.358 e. The maximum atomic E-state index is 12.8. The molecular formula is C20H20N4O14S3. The highest BCUT2D eigenvalue weighted by Crippen LogP contribution is 2.40. The molecule has 0 aliphatic rings. The van der Waals surface area contributed by atoms with Crippen molar-refractivity contribution in [2.45, 2.75) is 9.79 Å². The Morgan fingerprint density at radius 1 is 1.05 bits per heavy atom. The zero-order chi connectivity index (χ0) is 30.4. The summed E-state index contributed by atoms with van der Waals surface area (Å²) >= 11 is 0.196. The van der Waals surface area contributed by atoms with E-state index in [-0.39, 0.29) is 46.7 Å². The van der Waals surface area contributed by atoms with Crippen LogP contribution in [0.1, 0.15) is 10.5 Å². The molecule has 0 aliphatic carbocycles. The number of benzene rings is 2. The molecule has 0 saturated carbocycles.